The Morgan fingerprint density at radius 3 is 2.85 bits per heavy atom. The molecule has 170 valence electrons. The van der Waals surface area contributed by atoms with Crippen LogP contribution in [0.1, 0.15) is 48.6 Å². The predicted octanol–water partition coefficient (Wildman–Crippen LogP) is 3.73. The Bertz CT molecular complexity index is 1220. The van der Waals surface area contributed by atoms with Crippen LogP contribution in [0.15, 0.2) is 42.7 Å². The minimum Gasteiger partial charge on any atom is -0.348 e. The van der Waals surface area contributed by atoms with Gasteiger partial charge in [-0.15, -0.1) is 0 Å². The molecule has 2 N–H and O–H groups in total. The van der Waals surface area contributed by atoms with Crippen molar-refractivity contribution in [3.05, 3.63) is 65.1 Å². The summed E-state index contributed by atoms with van der Waals surface area (Å²) in [5, 5.41) is 4.61. The zero-order chi connectivity index (χ0) is 22.9. The van der Waals surface area contributed by atoms with Crippen LogP contribution in [0.3, 0.4) is 0 Å². The van der Waals surface area contributed by atoms with E-state index in [4.69, 9.17) is 0 Å². The predicted molar refractivity (Wildman–Crippen MR) is 131 cm³/mol. The highest BCUT2D eigenvalue weighted by Gasteiger charge is 2.40. The maximum absolute atomic E-state index is 12.7. The molecule has 1 aliphatic heterocycles. The number of H-pyrrole nitrogens is 1. The van der Waals surface area contributed by atoms with Crippen molar-refractivity contribution in [3.63, 3.8) is 0 Å². The number of urea groups is 1. The topological polar surface area (TPSA) is 64.3 Å². The Morgan fingerprint density at radius 2 is 2.09 bits per heavy atom. The van der Waals surface area contributed by atoms with Crippen LogP contribution in [-0.4, -0.2) is 64.6 Å². The fourth-order valence-corrected chi connectivity index (χ4v) is 5.59. The summed E-state index contributed by atoms with van der Waals surface area (Å²) >= 11 is 0. The number of carbonyl (C=O) groups excluding carboxylic acids is 1. The van der Waals surface area contributed by atoms with Gasteiger partial charge in [0, 0.05) is 66.5 Å². The molecule has 1 saturated heterocycles. The number of benzene rings is 1. The fraction of sp³-hybridized carbons (Fsp3) is 0.407. The van der Waals surface area contributed by atoms with E-state index in [1.807, 2.05) is 30.9 Å². The van der Waals surface area contributed by atoms with Crippen molar-refractivity contribution >= 4 is 16.9 Å². The van der Waals surface area contributed by atoms with Gasteiger partial charge in [-0.3, -0.25) is 4.98 Å². The number of pyridine rings is 1. The van der Waals surface area contributed by atoms with Crippen LogP contribution in [0.25, 0.3) is 10.9 Å². The number of hydrogen-bond donors (Lipinski definition) is 2. The molecule has 1 unspecified atom stereocenters. The molecular formula is C27H31N5O. The summed E-state index contributed by atoms with van der Waals surface area (Å²) in [6.07, 6.45) is 5.49. The average molecular weight is 442 g/mol. The molecule has 1 aliphatic carbocycles. The Kier molecular flexibility index (Phi) is 5.82. The molecule has 2 aliphatic rings. The summed E-state index contributed by atoms with van der Waals surface area (Å²) in [7, 11) is 2.19. The van der Waals surface area contributed by atoms with Gasteiger partial charge in [-0.1, -0.05) is 18.1 Å². The molecule has 0 radical (unpaired) electrons. The van der Waals surface area contributed by atoms with Crippen molar-refractivity contribution in [2.45, 2.75) is 44.7 Å². The number of hydrogen-bond acceptors (Lipinski definition) is 3. The van der Waals surface area contributed by atoms with Crippen LogP contribution in [0.4, 0.5) is 4.79 Å². The van der Waals surface area contributed by atoms with Crippen molar-refractivity contribution in [1.29, 1.82) is 0 Å². The van der Waals surface area contributed by atoms with Gasteiger partial charge in [-0.25, -0.2) is 4.79 Å². The van der Waals surface area contributed by atoms with E-state index in [1.165, 1.54) is 16.5 Å². The highest BCUT2D eigenvalue weighted by atomic mass is 16.2. The second-order valence-electron chi connectivity index (χ2n) is 9.11. The molecule has 3 aromatic rings. The Labute approximate surface area is 195 Å². The van der Waals surface area contributed by atoms with E-state index >= 15 is 0 Å². The number of nitrogens with zero attached hydrogens (tertiary/aromatic N) is 3. The van der Waals surface area contributed by atoms with Crippen LogP contribution in [0, 0.1) is 11.8 Å². The van der Waals surface area contributed by atoms with Crippen molar-refractivity contribution in [2.24, 2.45) is 0 Å². The molecule has 3 heterocycles. The highest BCUT2D eigenvalue weighted by Crippen LogP contribution is 2.44. The zero-order valence-electron chi connectivity index (χ0n) is 19.6. The lowest BCUT2D eigenvalue weighted by Crippen LogP contribution is -2.56. The van der Waals surface area contributed by atoms with Gasteiger partial charge in [0.05, 0.1) is 5.69 Å². The van der Waals surface area contributed by atoms with E-state index in [0.717, 1.165) is 49.2 Å². The normalized spacial score (nSPS) is 21.7. The van der Waals surface area contributed by atoms with E-state index in [1.54, 1.807) is 12.4 Å². The molecule has 0 spiro atoms. The number of nitrogens with one attached hydrogen (secondary N) is 2. The number of likely N-dealkylation sites (N-methyl/N-ethyl adjacent to an activating group) is 1. The van der Waals surface area contributed by atoms with Crippen molar-refractivity contribution in [1.82, 2.24) is 25.1 Å². The average Bonchev–Trinajstić information content (AvgIpc) is 3.18. The first-order valence-corrected chi connectivity index (χ1v) is 11.9. The molecule has 1 aromatic carbocycles. The maximum Gasteiger partial charge on any atom is 0.317 e. The second kappa shape index (κ2) is 8.92. The lowest BCUT2D eigenvalue weighted by atomic mass is 9.73. The number of piperidine rings is 1. The van der Waals surface area contributed by atoms with Gasteiger partial charge < -0.3 is 20.1 Å². The number of fused-ring (bicyclic) bond motifs is 2. The first kappa shape index (κ1) is 21.5. The molecule has 6 heteroatoms. The molecule has 0 bridgehead atoms. The molecule has 2 amide bonds. The van der Waals surface area contributed by atoms with Crippen molar-refractivity contribution < 1.29 is 4.79 Å². The highest BCUT2D eigenvalue weighted by molar-refractivity contribution is 5.91. The van der Waals surface area contributed by atoms with Crippen LogP contribution >= 0.6 is 0 Å². The standard InChI is InChI=1S/C27H31N5O/c1-4-32(5-2)27(33)29-19-14-21-20-9-6-10-24-26(20)22(15-25(21)31(3)17-19)23(30-24)12-11-18-8-7-13-28-16-18/h6-10,13,16,19,21,25,30H,4-5,14-15,17H2,1-3H3,(H,29,33)/t19-,21?,25+/m0/s1. The summed E-state index contributed by atoms with van der Waals surface area (Å²) in [5.74, 6) is 7.03. The number of rotatable bonds is 3. The van der Waals surface area contributed by atoms with Gasteiger partial charge in [0.1, 0.15) is 0 Å². The summed E-state index contributed by atoms with van der Waals surface area (Å²) in [6.45, 7) is 6.37. The van der Waals surface area contributed by atoms with Gasteiger partial charge in [0.15, 0.2) is 0 Å². The quantitative estimate of drug-likeness (QED) is 0.609. The Hall–Kier alpha value is -3.30. The lowest BCUT2D eigenvalue weighted by molar-refractivity contribution is 0.124. The third-order valence-electron chi connectivity index (χ3n) is 7.22. The summed E-state index contributed by atoms with van der Waals surface area (Å²) < 4.78 is 0. The Balaban J connectivity index is 1.47. The molecule has 1 fully saturated rings. The van der Waals surface area contributed by atoms with E-state index in [0.29, 0.717) is 12.0 Å². The van der Waals surface area contributed by atoms with Crippen LogP contribution in [0.2, 0.25) is 0 Å². The fourth-order valence-electron chi connectivity index (χ4n) is 5.59. The van der Waals surface area contributed by atoms with Crippen molar-refractivity contribution in [3.8, 4) is 11.8 Å². The third-order valence-corrected chi connectivity index (χ3v) is 7.22. The van der Waals surface area contributed by atoms with Crippen LogP contribution < -0.4 is 5.32 Å². The van der Waals surface area contributed by atoms with Crippen molar-refractivity contribution in [2.75, 3.05) is 26.7 Å². The molecule has 6 nitrogen and oxygen atoms in total. The van der Waals surface area contributed by atoms with Gasteiger partial charge in [0.2, 0.25) is 0 Å². The van der Waals surface area contributed by atoms with E-state index < -0.39 is 0 Å². The monoisotopic (exact) mass is 441 g/mol. The smallest absolute Gasteiger partial charge is 0.317 e. The second-order valence-corrected chi connectivity index (χ2v) is 9.11. The molecule has 33 heavy (non-hydrogen) atoms. The number of aromatic nitrogens is 2. The van der Waals surface area contributed by atoms with Gasteiger partial charge in [-0.05, 0) is 69.0 Å². The molecule has 3 atom stereocenters. The van der Waals surface area contributed by atoms with Gasteiger partial charge in [-0.2, -0.15) is 0 Å². The number of carbonyl (C=O) groups is 1. The molecule has 5 rings (SSSR count). The summed E-state index contributed by atoms with van der Waals surface area (Å²) in [4.78, 5) is 24.7. The number of aromatic amines is 1. The largest absolute Gasteiger partial charge is 0.348 e. The van der Waals surface area contributed by atoms with E-state index in [2.05, 4.69) is 57.3 Å². The first-order valence-electron chi connectivity index (χ1n) is 11.9. The van der Waals surface area contributed by atoms with Crippen LogP contribution in [0.5, 0.6) is 0 Å². The third kappa shape index (κ3) is 3.98. The summed E-state index contributed by atoms with van der Waals surface area (Å²) in [5.41, 5.74) is 5.76. The number of amides is 2. The van der Waals surface area contributed by atoms with E-state index in [9.17, 15) is 4.79 Å². The maximum atomic E-state index is 12.7. The Morgan fingerprint density at radius 1 is 1.24 bits per heavy atom. The first-order chi connectivity index (χ1) is 16.1. The molecule has 2 aromatic heterocycles. The number of likely N-dealkylation sites (tertiary alicyclic amines) is 1. The van der Waals surface area contributed by atoms with Gasteiger partial charge in [0.25, 0.3) is 0 Å². The molecule has 0 saturated carbocycles. The van der Waals surface area contributed by atoms with Crippen LogP contribution in [-0.2, 0) is 6.42 Å². The van der Waals surface area contributed by atoms with Gasteiger partial charge >= 0.3 is 6.03 Å². The zero-order valence-corrected chi connectivity index (χ0v) is 19.6. The molecular weight excluding hydrogens is 410 g/mol. The lowest BCUT2D eigenvalue weighted by Gasteiger charge is -2.46. The summed E-state index contributed by atoms with van der Waals surface area (Å²) in [6, 6.07) is 11.0. The van der Waals surface area contributed by atoms with E-state index in [-0.39, 0.29) is 12.1 Å². The SMILES string of the molecule is CCN(CC)C(=O)N[C@H]1CC2c3cccc4[nH]c(C#Cc5cccnc5)c(c34)C[C@H]2N(C)C1. The minimum atomic E-state index is 0.0427. The minimum absolute atomic E-state index is 0.0427.